The van der Waals surface area contributed by atoms with Crippen LogP contribution in [0.15, 0.2) is 12.4 Å². The van der Waals surface area contributed by atoms with E-state index in [1.54, 1.807) is 12.4 Å². The summed E-state index contributed by atoms with van der Waals surface area (Å²) in [5, 5.41) is 9.22. The van der Waals surface area contributed by atoms with Gasteiger partial charge in [-0.3, -0.25) is 4.98 Å². The normalized spacial score (nSPS) is 40.7. The quantitative estimate of drug-likeness (QED) is 0.757. The molecule has 1 aromatic rings. The molecular formula is C15H17N3. The van der Waals surface area contributed by atoms with E-state index < -0.39 is 0 Å². The van der Waals surface area contributed by atoms with Crippen LogP contribution >= 0.6 is 0 Å². The third-order valence-corrected chi connectivity index (χ3v) is 5.37. The molecule has 0 radical (unpaired) electrons. The monoisotopic (exact) mass is 239 g/mol. The molecule has 4 saturated carbocycles. The zero-order chi connectivity index (χ0) is 12.1. The van der Waals surface area contributed by atoms with Crippen LogP contribution in [0.1, 0.15) is 49.4 Å². The van der Waals surface area contributed by atoms with Gasteiger partial charge in [-0.25, -0.2) is 4.98 Å². The van der Waals surface area contributed by atoms with Gasteiger partial charge in [0, 0.05) is 18.3 Å². The molecule has 0 atom stereocenters. The maximum atomic E-state index is 9.22. The van der Waals surface area contributed by atoms with Crippen molar-refractivity contribution < 1.29 is 0 Å². The Labute approximate surface area is 107 Å². The maximum absolute atomic E-state index is 9.22. The molecule has 92 valence electrons. The van der Waals surface area contributed by atoms with Crippen LogP contribution in [-0.2, 0) is 0 Å². The van der Waals surface area contributed by atoms with E-state index in [-0.39, 0.29) is 0 Å². The van der Waals surface area contributed by atoms with E-state index in [9.17, 15) is 5.26 Å². The first kappa shape index (κ1) is 10.5. The highest BCUT2D eigenvalue weighted by atomic mass is 14.8. The van der Waals surface area contributed by atoms with Crippen LogP contribution < -0.4 is 0 Å². The van der Waals surface area contributed by atoms with E-state index in [1.807, 2.05) is 0 Å². The van der Waals surface area contributed by atoms with Crippen LogP contribution in [0.5, 0.6) is 0 Å². The second-order valence-corrected chi connectivity index (χ2v) is 6.36. The highest BCUT2D eigenvalue weighted by molar-refractivity contribution is 5.30. The Bertz CT molecular complexity index is 489. The van der Waals surface area contributed by atoms with Crippen LogP contribution in [0.25, 0.3) is 0 Å². The summed E-state index contributed by atoms with van der Waals surface area (Å²) in [4.78, 5) is 8.72. The topological polar surface area (TPSA) is 49.6 Å². The zero-order valence-electron chi connectivity index (χ0n) is 10.4. The molecule has 0 spiro atoms. The highest BCUT2D eigenvalue weighted by Crippen LogP contribution is 2.59. The van der Waals surface area contributed by atoms with Gasteiger partial charge in [0.25, 0.3) is 0 Å². The molecule has 0 aliphatic heterocycles. The van der Waals surface area contributed by atoms with Crippen molar-refractivity contribution in [2.45, 2.75) is 38.0 Å². The van der Waals surface area contributed by atoms with Crippen LogP contribution in [0.4, 0.5) is 0 Å². The average molecular weight is 239 g/mol. The molecule has 0 N–H and O–H groups in total. The zero-order valence-corrected chi connectivity index (χ0v) is 10.4. The van der Waals surface area contributed by atoms with Gasteiger partial charge in [0.1, 0.15) is 6.07 Å². The Morgan fingerprint density at radius 1 is 0.944 bits per heavy atom. The first-order chi connectivity index (χ1) is 8.85. The lowest BCUT2D eigenvalue weighted by molar-refractivity contribution is -0.00437. The Balaban J connectivity index is 1.75. The molecule has 0 aromatic carbocycles. The van der Waals surface area contributed by atoms with Crippen molar-refractivity contribution in [2.24, 2.45) is 23.7 Å². The lowest BCUT2D eigenvalue weighted by Crippen LogP contribution is -2.44. The molecule has 3 nitrogen and oxygen atoms in total. The second kappa shape index (κ2) is 3.78. The predicted molar refractivity (Wildman–Crippen MR) is 66.5 cm³/mol. The van der Waals surface area contributed by atoms with E-state index in [2.05, 4.69) is 16.0 Å². The number of hydrogen-bond acceptors (Lipinski definition) is 3. The number of nitriles is 1. The van der Waals surface area contributed by atoms with Gasteiger partial charge in [0.05, 0.1) is 5.69 Å². The molecule has 4 fully saturated rings. The minimum Gasteiger partial charge on any atom is -0.256 e. The minimum absolute atomic E-state index is 0.515. The summed E-state index contributed by atoms with van der Waals surface area (Å²) in [6, 6.07) is 2.23. The smallest absolute Gasteiger partial charge is 0.162 e. The van der Waals surface area contributed by atoms with E-state index >= 15 is 0 Å². The van der Waals surface area contributed by atoms with E-state index in [0.29, 0.717) is 11.6 Å². The van der Waals surface area contributed by atoms with Crippen LogP contribution in [0, 0.1) is 35.0 Å². The Morgan fingerprint density at radius 3 is 2.17 bits per heavy atom. The first-order valence-electron chi connectivity index (χ1n) is 7.06. The predicted octanol–water partition coefficient (Wildman–Crippen LogP) is 2.89. The summed E-state index contributed by atoms with van der Waals surface area (Å²) >= 11 is 0. The first-order valence-corrected chi connectivity index (χ1v) is 7.06. The fourth-order valence-electron chi connectivity index (χ4n) is 5.05. The van der Waals surface area contributed by atoms with Gasteiger partial charge < -0.3 is 0 Å². The van der Waals surface area contributed by atoms with Gasteiger partial charge in [0.2, 0.25) is 0 Å². The molecule has 4 bridgehead atoms. The van der Waals surface area contributed by atoms with Crippen molar-refractivity contribution in [3.8, 4) is 6.07 Å². The van der Waals surface area contributed by atoms with Crippen molar-refractivity contribution in [2.75, 3.05) is 0 Å². The number of aromatic nitrogens is 2. The molecule has 18 heavy (non-hydrogen) atoms. The summed E-state index contributed by atoms with van der Waals surface area (Å²) in [6.45, 7) is 0. The van der Waals surface area contributed by atoms with Gasteiger partial charge in [0.15, 0.2) is 5.69 Å². The fourth-order valence-corrected chi connectivity index (χ4v) is 5.05. The standard InChI is InChI=1S/C15H17N3/c16-8-13-15(18-2-1-17-13)14-11-4-9-3-10(6-11)7-12(14)5-9/h1-2,9-12,14H,3-7H2. The maximum Gasteiger partial charge on any atom is 0.162 e. The van der Waals surface area contributed by atoms with Gasteiger partial charge >= 0.3 is 0 Å². The summed E-state index contributed by atoms with van der Waals surface area (Å²) in [6.07, 6.45) is 10.3. The van der Waals surface area contributed by atoms with Crippen molar-refractivity contribution in [1.82, 2.24) is 9.97 Å². The summed E-state index contributed by atoms with van der Waals surface area (Å²) in [5.74, 6) is 3.98. The SMILES string of the molecule is N#Cc1nccnc1C1C2CC3CC(C2)CC1C3. The second-order valence-electron chi connectivity index (χ2n) is 6.36. The van der Waals surface area contributed by atoms with Gasteiger partial charge in [-0.15, -0.1) is 0 Å². The van der Waals surface area contributed by atoms with E-state index in [4.69, 9.17) is 0 Å². The van der Waals surface area contributed by atoms with Crippen LogP contribution in [0.2, 0.25) is 0 Å². The van der Waals surface area contributed by atoms with Crippen molar-refractivity contribution in [3.63, 3.8) is 0 Å². The lowest BCUT2D eigenvalue weighted by atomic mass is 9.51. The number of hydrogen-bond donors (Lipinski definition) is 0. The van der Waals surface area contributed by atoms with E-state index in [1.165, 1.54) is 32.1 Å². The molecule has 1 aromatic heterocycles. The number of rotatable bonds is 1. The molecule has 0 amide bonds. The Hall–Kier alpha value is -1.43. The van der Waals surface area contributed by atoms with Gasteiger partial charge in [-0.1, -0.05) is 0 Å². The molecule has 0 unspecified atom stereocenters. The Kier molecular flexibility index (Phi) is 2.20. The van der Waals surface area contributed by atoms with Crippen LogP contribution in [0.3, 0.4) is 0 Å². The molecule has 3 heteroatoms. The summed E-state index contributed by atoms with van der Waals surface area (Å²) in [5.41, 5.74) is 1.56. The molecular weight excluding hydrogens is 222 g/mol. The van der Waals surface area contributed by atoms with E-state index in [0.717, 1.165) is 29.4 Å². The van der Waals surface area contributed by atoms with Crippen molar-refractivity contribution in [1.29, 1.82) is 5.26 Å². The molecule has 4 aliphatic carbocycles. The molecule has 1 heterocycles. The van der Waals surface area contributed by atoms with Crippen molar-refractivity contribution >= 4 is 0 Å². The lowest BCUT2D eigenvalue weighted by Gasteiger charge is -2.54. The highest BCUT2D eigenvalue weighted by Gasteiger charge is 2.49. The summed E-state index contributed by atoms with van der Waals surface area (Å²) < 4.78 is 0. The van der Waals surface area contributed by atoms with Crippen LogP contribution in [-0.4, -0.2) is 9.97 Å². The molecule has 5 rings (SSSR count). The largest absolute Gasteiger partial charge is 0.256 e. The van der Waals surface area contributed by atoms with Crippen molar-refractivity contribution in [3.05, 3.63) is 23.8 Å². The fraction of sp³-hybridized carbons (Fsp3) is 0.667. The average Bonchev–Trinajstić information content (AvgIpc) is 2.38. The third kappa shape index (κ3) is 1.41. The van der Waals surface area contributed by atoms with Gasteiger partial charge in [-0.05, 0) is 55.8 Å². The number of nitrogens with zero attached hydrogens (tertiary/aromatic N) is 3. The molecule has 0 saturated heterocycles. The summed E-state index contributed by atoms with van der Waals surface area (Å²) in [7, 11) is 0. The Morgan fingerprint density at radius 2 is 1.56 bits per heavy atom. The third-order valence-electron chi connectivity index (χ3n) is 5.37. The minimum atomic E-state index is 0.515. The van der Waals surface area contributed by atoms with Gasteiger partial charge in [-0.2, -0.15) is 5.26 Å². The molecule has 4 aliphatic rings.